The van der Waals surface area contributed by atoms with Crippen LogP contribution in [0.1, 0.15) is 46.5 Å². The Kier molecular flexibility index (Phi) is 3.35. The maximum atomic E-state index is 11.4. The largest absolute Gasteiger partial charge is 0.456 e. The van der Waals surface area contributed by atoms with Gasteiger partial charge in [-0.05, 0) is 39.0 Å². The first-order valence-corrected chi connectivity index (χ1v) is 5.32. The van der Waals surface area contributed by atoms with Crippen molar-refractivity contribution in [1.29, 1.82) is 0 Å². The SMILES string of the molecule is C=C(C)C(=O)OC1(C)CCCC(C)C1. The van der Waals surface area contributed by atoms with Crippen molar-refractivity contribution in [3.8, 4) is 0 Å². The first-order valence-electron chi connectivity index (χ1n) is 5.32. The standard InChI is InChI=1S/C12H20O2/c1-9(2)11(13)14-12(4)7-5-6-10(3)8-12/h10H,1,5-8H2,2-4H3. The maximum absolute atomic E-state index is 11.4. The lowest BCUT2D eigenvalue weighted by atomic mass is 9.80. The van der Waals surface area contributed by atoms with Crippen molar-refractivity contribution >= 4 is 5.97 Å². The third kappa shape index (κ3) is 2.86. The molecule has 0 aromatic heterocycles. The van der Waals surface area contributed by atoms with E-state index in [4.69, 9.17) is 4.74 Å². The van der Waals surface area contributed by atoms with Crippen LogP contribution >= 0.6 is 0 Å². The average molecular weight is 196 g/mol. The minimum absolute atomic E-state index is 0.249. The number of carbonyl (C=O) groups is 1. The molecule has 1 aliphatic carbocycles. The lowest BCUT2D eigenvalue weighted by molar-refractivity contribution is -0.157. The molecule has 0 radical (unpaired) electrons. The van der Waals surface area contributed by atoms with E-state index in [1.54, 1.807) is 6.92 Å². The van der Waals surface area contributed by atoms with E-state index in [-0.39, 0.29) is 11.6 Å². The fourth-order valence-corrected chi connectivity index (χ4v) is 2.17. The Hall–Kier alpha value is -0.790. The molecule has 1 fully saturated rings. The van der Waals surface area contributed by atoms with Gasteiger partial charge in [-0.2, -0.15) is 0 Å². The van der Waals surface area contributed by atoms with Gasteiger partial charge in [0.1, 0.15) is 5.60 Å². The third-order valence-corrected chi connectivity index (χ3v) is 2.87. The molecule has 0 aromatic carbocycles. The molecule has 1 saturated carbocycles. The van der Waals surface area contributed by atoms with E-state index in [0.29, 0.717) is 11.5 Å². The second-order valence-electron chi connectivity index (χ2n) is 4.82. The summed E-state index contributed by atoms with van der Waals surface area (Å²) in [6.07, 6.45) is 4.36. The molecule has 2 heteroatoms. The zero-order valence-electron chi connectivity index (χ0n) is 9.43. The van der Waals surface area contributed by atoms with E-state index < -0.39 is 0 Å². The van der Waals surface area contributed by atoms with Crippen molar-refractivity contribution in [3.05, 3.63) is 12.2 Å². The molecule has 0 spiro atoms. The number of carbonyl (C=O) groups excluding carboxylic acids is 1. The predicted molar refractivity (Wildman–Crippen MR) is 56.9 cm³/mol. The molecular formula is C12H20O2. The summed E-state index contributed by atoms with van der Waals surface area (Å²) in [6.45, 7) is 9.53. The zero-order chi connectivity index (χ0) is 10.8. The average Bonchev–Trinajstić information content (AvgIpc) is 2.02. The van der Waals surface area contributed by atoms with Crippen molar-refractivity contribution in [1.82, 2.24) is 0 Å². The van der Waals surface area contributed by atoms with E-state index in [1.165, 1.54) is 6.42 Å². The predicted octanol–water partition coefficient (Wildman–Crippen LogP) is 3.07. The topological polar surface area (TPSA) is 26.3 Å². The Morgan fingerprint density at radius 2 is 2.21 bits per heavy atom. The summed E-state index contributed by atoms with van der Waals surface area (Å²) in [5.74, 6) is 0.410. The Morgan fingerprint density at radius 3 is 2.71 bits per heavy atom. The summed E-state index contributed by atoms with van der Waals surface area (Å²) >= 11 is 0. The van der Waals surface area contributed by atoms with E-state index in [0.717, 1.165) is 19.3 Å². The van der Waals surface area contributed by atoms with Crippen molar-refractivity contribution < 1.29 is 9.53 Å². The molecule has 0 bridgehead atoms. The van der Waals surface area contributed by atoms with E-state index in [9.17, 15) is 4.79 Å². The van der Waals surface area contributed by atoms with Crippen LogP contribution < -0.4 is 0 Å². The monoisotopic (exact) mass is 196 g/mol. The molecule has 2 nitrogen and oxygen atoms in total. The van der Waals surface area contributed by atoms with Gasteiger partial charge in [0, 0.05) is 5.57 Å². The maximum Gasteiger partial charge on any atom is 0.333 e. The fraction of sp³-hybridized carbons (Fsp3) is 0.750. The molecule has 0 N–H and O–H groups in total. The molecule has 0 amide bonds. The number of hydrogen-bond acceptors (Lipinski definition) is 2. The van der Waals surface area contributed by atoms with Crippen molar-refractivity contribution in [2.75, 3.05) is 0 Å². The van der Waals surface area contributed by atoms with Gasteiger partial charge in [0.25, 0.3) is 0 Å². The highest BCUT2D eigenvalue weighted by molar-refractivity contribution is 5.87. The van der Waals surface area contributed by atoms with Gasteiger partial charge in [-0.1, -0.05) is 19.9 Å². The van der Waals surface area contributed by atoms with Crippen LogP contribution in [0.4, 0.5) is 0 Å². The molecule has 0 saturated heterocycles. The van der Waals surface area contributed by atoms with Crippen LogP contribution in [0, 0.1) is 5.92 Å². The molecule has 2 unspecified atom stereocenters. The van der Waals surface area contributed by atoms with E-state index >= 15 is 0 Å². The first kappa shape index (κ1) is 11.3. The van der Waals surface area contributed by atoms with Crippen LogP contribution in [-0.2, 0) is 9.53 Å². The quantitative estimate of drug-likeness (QED) is 0.501. The fourth-order valence-electron chi connectivity index (χ4n) is 2.17. The van der Waals surface area contributed by atoms with Gasteiger partial charge < -0.3 is 4.74 Å². The van der Waals surface area contributed by atoms with Gasteiger partial charge in [0.15, 0.2) is 0 Å². The van der Waals surface area contributed by atoms with Gasteiger partial charge in [-0.15, -0.1) is 0 Å². The number of esters is 1. The van der Waals surface area contributed by atoms with E-state index in [2.05, 4.69) is 13.5 Å². The highest BCUT2D eigenvalue weighted by Crippen LogP contribution is 2.35. The Balaban J connectivity index is 2.56. The lowest BCUT2D eigenvalue weighted by Crippen LogP contribution is -2.36. The lowest BCUT2D eigenvalue weighted by Gasteiger charge is -2.36. The van der Waals surface area contributed by atoms with Crippen LogP contribution in [0.2, 0.25) is 0 Å². The Bertz CT molecular complexity index is 245. The first-order chi connectivity index (χ1) is 6.43. The summed E-state index contributed by atoms with van der Waals surface area (Å²) in [4.78, 5) is 11.4. The second kappa shape index (κ2) is 4.16. The van der Waals surface area contributed by atoms with Gasteiger partial charge in [0.2, 0.25) is 0 Å². The zero-order valence-corrected chi connectivity index (χ0v) is 9.43. The molecule has 14 heavy (non-hydrogen) atoms. The summed E-state index contributed by atoms with van der Waals surface area (Å²) < 4.78 is 5.47. The molecule has 0 heterocycles. The molecule has 1 rings (SSSR count). The van der Waals surface area contributed by atoms with Crippen LogP contribution in [-0.4, -0.2) is 11.6 Å². The minimum atomic E-state index is -0.256. The second-order valence-corrected chi connectivity index (χ2v) is 4.82. The smallest absolute Gasteiger partial charge is 0.333 e. The molecule has 80 valence electrons. The molecular weight excluding hydrogens is 176 g/mol. The summed E-state index contributed by atoms with van der Waals surface area (Å²) in [6, 6.07) is 0. The third-order valence-electron chi connectivity index (χ3n) is 2.87. The normalized spacial score (nSPS) is 32.4. The van der Waals surface area contributed by atoms with Crippen LogP contribution in [0.3, 0.4) is 0 Å². The van der Waals surface area contributed by atoms with Crippen molar-refractivity contribution in [3.63, 3.8) is 0 Å². The molecule has 1 aliphatic rings. The number of ether oxygens (including phenoxy) is 1. The highest BCUT2D eigenvalue weighted by atomic mass is 16.6. The number of rotatable bonds is 2. The number of hydrogen-bond donors (Lipinski definition) is 0. The summed E-state index contributed by atoms with van der Waals surface area (Å²) in [7, 11) is 0. The minimum Gasteiger partial charge on any atom is -0.456 e. The van der Waals surface area contributed by atoms with E-state index in [1.807, 2.05) is 6.92 Å². The van der Waals surface area contributed by atoms with Gasteiger partial charge in [0.05, 0.1) is 0 Å². The summed E-state index contributed by atoms with van der Waals surface area (Å²) in [5.41, 5.74) is 0.234. The van der Waals surface area contributed by atoms with Crippen molar-refractivity contribution in [2.45, 2.75) is 52.1 Å². The molecule has 2 atom stereocenters. The molecule has 0 aromatic rings. The van der Waals surface area contributed by atoms with Crippen molar-refractivity contribution in [2.24, 2.45) is 5.92 Å². The Morgan fingerprint density at radius 1 is 1.57 bits per heavy atom. The van der Waals surface area contributed by atoms with Crippen LogP contribution in [0.25, 0.3) is 0 Å². The Labute approximate surface area is 86.3 Å². The molecule has 0 aliphatic heterocycles. The van der Waals surface area contributed by atoms with Gasteiger partial charge >= 0.3 is 5.97 Å². The van der Waals surface area contributed by atoms with Gasteiger partial charge in [-0.25, -0.2) is 4.79 Å². The highest BCUT2D eigenvalue weighted by Gasteiger charge is 2.33. The van der Waals surface area contributed by atoms with Gasteiger partial charge in [-0.3, -0.25) is 0 Å². The van der Waals surface area contributed by atoms with Crippen LogP contribution in [0.5, 0.6) is 0 Å². The van der Waals surface area contributed by atoms with Crippen LogP contribution in [0.15, 0.2) is 12.2 Å². The summed E-state index contributed by atoms with van der Waals surface area (Å²) in [5, 5.41) is 0.